The van der Waals surface area contributed by atoms with Crippen LogP contribution in [0.15, 0.2) is 12.1 Å². The fourth-order valence-electron chi connectivity index (χ4n) is 3.63. The summed E-state index contributed by atoms with van der Waals surface area (Å²) in [4.78, 5) is 14.4. The molecule has 0 spiro atoms. The van der Waals surface area contributed by atoms with Crippen molar-refractivity contribution in [3.8, 4) is 17.2 Å². The van der Waals surface area contributed by atoms with Crippen LogP contribution < -0.4 is 14.2 Å². The summed E-state index contributed by atoms with van der Waals surface area (Å²) in [6.45, 7) is 17.2. The predicted molar refractivity (Wildman–Crippen MR) is 141 cm³/mol. The average Bonchev–Trinajstić information content (AvgIpc) is 3.15. The van der Waals surface area contributed by atoms with Crippen LogP contribution in [0.25, 0.3) is 0 Å². The number of benzene rings is 1. The second-order valence-corrected chi connectivity index (χ2v) is 17.1. The van der Waals surface area contributed by atoms with E-state index in [1.54, 1.807) is 33.1 Å². The van der Waals surface area contributed by atoms with Crippen LogP contribution in [0.4, 0.5) is 4.79 Å². The minimum Gasteiger partial charge on any atom is -0.496 e. The van der Waals surface area contributed by atoms with E-state index >= 15 is 0 Å². The molecule has 2 rings (SSSR count). The highest BCUT2D eigenvalue weighted by Crippen LogP contribution is 2.42. The van der Waals surface area contributed by atoms with Crippen LogP contribution in [0.5, 0.6) is 17.2 Å². The number of ether oxygens (including phenoxy) is 4. The maximum Gasteiger partial charge on any atom is 0.410 e. The molecule has 0 radical (unpaired) electrons. The third kappa shape index (κ3) is 6.76. The number of amides is 1. The van der Waals surface area contributed by atoms with Crippen LogP contribution in [0.1, 0.15) is 46.6 Å². The number of carbonyl (C=O) groups excluding carboxylic acids is 1. The zero-order valence-electron chi connectivity index (χ0n) is 22.6. The fraction of sp³-hybridized carbons (Fsp3) is 0.720. The molecule has 1 aliphatic rings. The molecule has 7 nitrogen and oxygen atoms in total. The van der Waals surface area contributed by atoms with Gasteiger partial charge in [-0.1, -0.05) is 20.8 Å². The predicted octanol–water partition coefficient (Wildman–Crippen LogP) is 5.96. The molecular weight excluding hydrogens is 470 g/mol. The molecule has 1 aromatic rings. The van der Waals surface area contributed by atoms with Gasteiger partial charge in [0.2, 0.25) is 0 Å². The average molecular weight is 514 g/mol. The first-order valence-corrected chi connectivity index (χ1v) is 15.7. The highest BCUT2D eigenvalue weighted by Gasteiger charge is 2.43. The molecule has 9 heteroatoms. The summed E-state index contributed by atoms with van der Waals surface area (Å²) in [5, 5.41) is 0.171. The van der Waals surface area contributed by atoms with Crippen molar-refractivity contribution >= 4 is 26.2 Å². The number of hydrogen-bond acceptors (Lipinski definition) is 7. The monoisotopic (exact) mass is 513 g/mol. The van der Waals surface area contributed by atoms with Crippen LogP contribution in [-0.2, 0) is 14.9 Å². The molecule has 1 saturated heterocycles. The van der Waals surface area contributed by atoms with E-state index < -0.39 is 8.32 Å². The number of thioether (sulfide) groups is 1. The van der Waals surface area contributed by atoms with Crippen molar-refractivity contribution in [2.24, 2.45) is 0 Å². The fourth-order valence-corrected chi connectivity index (χ4v) is 5.90. The second kappa shape index (κ2) is 11.4. The van der Waals surface area contributed by atoms with Crippen LogP contribution in [0, 0.1) is 0 Å². The molecule has 0 N–H and O–H groups in total. The minimum atomic E-state index is -1.80. The van der Waals surface area contributed by atoms with Crippen LogP contribution >= 0.6 is 11.8 Å². The first-order chi connectivity index (χ1) is 15.8. The molecule has 1 atom stereocenters. The molecule has 0 bridgehead atoms. The lowest BCUT2D eigenvalue weighted by molar-refractivity contribution is 0.154. The Morgan fingerprint density at radius 3 is 2.15 bits per heavy atom. The summed E-state index contributed by atoms with van der Waals surface area (Å²) < 4.78 is 28.1. The van der Waals surface area contributed by atoms with Crippen LogP contribution in [0.3, 0.4) is 0 Å². The van der Waals surface area contributed by atoms with Crippen LogP contribution in [-0.4, -0.2) is 71.2 Å². The highest BCUT2D eigenvalue weighted by atomic mass is 32.2. The van der Waals surface area contributed by atoms with Crippen molar-refractivity contribution in [1.29, 1.82) is 0 Å². The molecule has 0 aliphatic carbocycles. The van der Waals surface area contributed by atoms with Gasteiger partial charge < -0.3 is 28.3 Å². The summed E-state index contributed by atoms with van der Waals surface area (Å²) in [5.41, 5.74) is 0.962. The summed E-state index contributed by atoms with van der Waals surface area (Å²) in [6, 6.07) is 3.69. The Hall–Kier alpha value is -1.58. The normalized spacial score (nSPS) is 17.1. The van der Waals surface area contributed by atoms with E-state index in [9.17, 15) is 4.79 Å². The lowest BCUT2D eigenvalue weighted by Crippen LogP contribution is -2.47. The third-order valence-corrected chi connectivity index (χ3v) is 13.0. The van der Waals surface area contributed by atoms with Crippen molar-refractivity contribution < 1.29 is 28.2 Å². The summed E-state index contributed by atoms with van der Waals surface area (Å²) in [6.07, 6.45) is 0.546. The molecule has 1 aromatic carbocycles. The van der Waals surface area contributed by atoms with E-state index in [2.05, 4.69) is 47.7 Å². The Balaban J connectivity index is 2.05. The van der Waals surface area contributed by atoms with Gasteiger partial charge >= 0.3 is 6.09 Å². The number of carbonyl (C=O) groups is 1. The number of nitrogens with zero attached hydrogens (tertiary/aromatic N) is 1. The molecule has 0 aromatic heterocycles. The SMILES string of the molecule is COc1cc(OC)c(CSC(C)(C)C2COC(=O)N2CCCO[Si](C)(C)C(C)(C)C)c(OC)c1. The van der Waals surface area contributed by atoms with E-state index in [0.717, 1.165) is 23.5 Å². The van der Waals surface area contributed by atoms with E-state index in [-0.39, 0.29) is 21.9 Å². The quantitative estimate of drug-likeness (QED) is 0.252. The first-order valence-electron chi connectivity index (χ1n) is 11.8. The minimum absolute atomic E-state index is 0.0342. The van der Waals surface area contributed by atoms with Gasteiger partial charge in [-0.25, -0.2) is 4.79 Å². The highest BCUT2D eigenvalue weighted by molar-refractivity contribution is 7.99. The van der Waals surface area contributed by atoms with Gasteiger partial charge in [-0.05, 0) is 38.4 Å². The second-order valence-electron chi connectivity index (χ2n) is 10.7. The van der Waals surface area contributed by atoms with E-state index in [1.165, 1.54) is 0 Å². The van der Waals surface area contributed by atoms with Gasteiger partial charge in [0.25, 0.3) is 0 Å². The lowest BCUT2D eigenvalue weighted by Gasteiger charge is -2.37. The number of methoxy groups -OCH3 is 3. The van der Waals surface area contributed by atoms with Gasteiger partial charge in [0.1, 0.15) is 23.9 Å². The number of rotatable bonds is 12. The summed E-state index contributed by atoms with van der Waals surface area (Å²) >= 11 is 1.76. The Morgan fingerprint density at radius 2 is 1.65 bits per heavy atom. The molecular formula is C25H43NO6SSi. The van der Waals surface area contributed by atoms with Gasteiger partial charge in [0, 0.05) is 41.3 Å². The number of cyclic esters (lactones) is 1. The molecule has 1 aliphatic heterocycles. The molecule has 1 unspecified atom stereocenters. The number of hydrogen-bond donors (Lipinski definition) is 0. The van der Waals surface area contributed by atoms with E-state index in [1.807, 2.05) is 17.0 Å². The van der Waals surface area contributed by atoms with Gasteiger partial charge in [-0.2, -0.15) is 0 Å². The van der Waals surface area contributed by atoms with Crippen molar-refractivity contribution in [3.05, 3.63) is 17.7 Å². The summed E-state index contributed by atoms with van der Waals surface area (Å²) in [7, 11) is 3.11. The Kier molecular flexibility index (Phi) is 9.64. The molecule has 1 heterocycles. The Bertz CT molecular complexity index is 814. The topological polar surface area (TPSA) is 66.5 Å². The van der Waals surface area contributed by atoms with Crippen molar-refractivity contribution in [1.82, 2.24) is 4.90 Å². The van der Waals surface area contributed by atoms with Crippen LogP contribution in [0.2, 0.25) is 18.1 Å². The Morgan fingerprint density at radius 1 is 1.06 bits per heavy atom. The van der Waals surface area contributed by atoms with Gasteiger partial charge in [0.15, 0.2) is 8.32 Å². The van der Waals surface area contributed by atoms with E-state index in [0.29, 0.717) is 31.3 Å². The smallest absolute Gasteiger partial charge is 0.410 e. The van der Waals surface area contributed by atoms with Gasteiger partial charge in [0.05, 0.1) is 27.4 Å². The maximum absolute atomic E-state index is 12.5. The van der Waals surface area contributed by atoms with Gasteiger partial charge in [-0.15, -0.1) is 11.8 Å². The molecule has 194 valence electrons. The molecule has 1 amide bonds. The maximum atomic E-state index is 12.5. The largest absolute Gasteiger partial charge is 0.496 e. The van der Waals surface area contributed by atoms with Gasteiger partial charge in [-0.3, -0.25) is 0 Å². The zero-order chi connectivity index (χ0) is 25.7. The molecule has 34 heavy (non-hydrogen) atoms. The Labute approximate surface area is 210 Å². The van der Waals surface area contributed by atoms with Crippen molar-refractivity contribution in [2.75, 3.05) is 41.1 Å². The third-order valence-electron chi connectivity index (χ3n) is 7.00. The molecule has 0 saturated carbocycles. The molecule has 1 fully saturated rings. The van der Waals surface area contributed by atoms with Crippen molar-refractivity contribution in [3.63, 3.8) is 0 Å². The first kappa shape index (κ1) is 28.7. The standard InChI is InChI=1S/C25H43NO6SSi/c1-24(2,3)34(9,10)32-13-11-12-26-22(16-31-23(26)27)25(4,5)33-17-19-20(29-7)14-18(28-6)15-21(19)30-8/h14-15,22H,11-13,16-17H2,1-10H3. The lowest BCUT2D eigenvalue weighted by atomic mass is 10.0. The zero-order valence-corrected chi connectivity index (χ0v) is 24.4. The van der Waals surface area contributed by atoms with Crippen molar-refractivity contribution in [2.45, 2.75) is 75.7 Å². The summed E-state index contributed by atoms with van der Waals surface area (Å²) in [5.74, 6) is 2.79. The van der Waals surface area contributed by atoms with E-state index in [4.69, 9.17) is 23.4 Å².